The summed E-state index contributed by atoms with van der Waals surface area (Å²) < 4.78 is 27.7. The smallest absolute Gasteiger partial charge is 0.193 e. The van der Waals surface area contributed by atoms with Crippen LogP contribution in [0.25, 0.3) is 22.3 Å². The number of nitrogens with zero attached hydrogens (tertiary/aromatic N) is 2. The van der Waals surface area contributed by atoms with Crippen LogP contribution in [0.3, 0.4) is 0 Å². The van der Waals surface area contributed by atoms with Gasteiger partial charge in [-0.25, -0.2) is 9.37 Å². The second-order valence-electron chi connectivity index (χ2n) is 6.24. The lowest BCUT2D eigenvalue weighted by Gasteiger charge is -2.21. The Balaban J connectivity index is 1.97. The van der Waals surface area contributed by atoms with Crippen LogP contribution >= 0.6 is 18.7 Å². The Bertz CT molecular complexity index is 1090. The standard InChI is InChI=1S/C20H22FN2O2PS2/c1-4-24-26(28,25-5-2)13-14-9-11-15(12-10-14)19-22-17-8-6-7-16(21)18(17)20(27)23(19)3/h6-12H,4-5,13H2,1-3H3. The number of fused-ring (bicyclic) bond motifs is 1. The van der Waals surface area contributed by atoms with E-state index in [9.17, 15) is 4.39 Å². The summed E-state index contributed by atoms with van der Waals surface area (Å²) >= 11 is 11.1. The number of aromatic nitrogens is 2. The van der Waals surface area contributed by atoms with Gasteiger partial charge < -0.3 is 13.6 Å². The Morgan fingerprint density at radius 1 is 1.07 bits per heavy atom. The molecule has 0 bridgehead atoms. The summed E-state index contributed by atoms with van der Waals surface area (Å²) in [4.78, 5) is 4.62. The molecule has 0 aliphatic rings. The van der Waals surface area contributed by atoms with Gasteiger partial charge >= 0.3 is 0 Å². The zero-order chi connectivity index (χ0) is 20.3. The van der Waals surface area contributed by atoms with Gasteiger partial charge in [-0.05, 0) is 43.4 Å². The Labute approximate surface area is 174 Å². The maximum atomic E-state index is 14.1. The highest BCUT2D eigenvalue weighted by Gasteiger charge is 2.19. The van der Waals surface area contributed by atoms with Crippen molar-refractivity contribution in [3.63, 3.8) is 0 Å². The second kappa shape index (κ2) is 8.89. The van der Waals surface area contributed by atoms with Crippen molar-refractivity contribution in [1.29, 1.82) is 0 Å². The summed E-state index contributed by atoms with van der Waals surface area (Å²) in [6.07, 6.45) is 0.569. The van der Waals surface area contributed by atoms with Crippen LogP contribution in [0, 0.1) is 10.5 Å². The van der Waals surface area contributed by atoms with Crippen molar-refractivity contribution < 1.29 is 13.4 Å². The molecule has 0 saturated heterocycles. The van der Waals surface area contributed by atoms with E-state index in [2.05, 4.69) is 4.98 Å². The third-order valence-electron chi connectivity index (χ3n) is 4.29. The first-order valence-electron chi connectivity index (χ1n) is 9.01. The van der Waals surface area contributed by atoms with E-state index in [1.54, 1.807) is 23.7 Å². The Morgan fingerprint density at radius 2 is 1.71 bits per heavy atom. The van der Waals surface area contributed by atoms with Crippen molar-refractivity contribution in [1.82, 2.24) is 9.55 Å². The maximum Gasteiger partial charge on any atom is 0.193 e. The molecule has 3 rings (SSSR count). The van der Waals surface area contributed by atoms with E-state index < -0.39 is 6.49 Å². The molecule has 3 aromatic rings. The second-order valence-corrected chi connectivity index (χ2v) is 10.3. The average Bonchev–Trinajstić information content (AvgIpc) is 2.65. The topological polar surface area (TPSA) is 36.3 Å². The van der Waals surface area contributed by atoms with Crippen LogP contribution in [0.1, 0.15) is 19.4 Å². The summed E-state index contributed by atoms with van der Waals surface area (Å²) in [6, 6.07) is 12.7. The average molecular weight is 437 g/mol. The minimum Gasteiger partial charge on any atom is -0.329 e. The van der Waals surface area contributed by atoms with E-state index in [-0.39, 0.29) is 5.82 Å². The third kappa shape index (κ3) is 4.39. The van der Waals surface area contributed by atoms with Crippen LogP contribution < -0.4 is 0 Å². The fourth-order valence-electron chi connectivity index (χ4n) is 3.03. The molecule has 1 aromatic heterocycles. The van der Waals surface area contributed by atoms with Gasteiger partial charge in [0.05, 0.1) is 24.1 Å². The van der Waals surface area contributed by atoms with Gasteiger partial charge in [0.1, 0.15) is 16.3 Å². The molecular formula is C20H22FN2O2PS2. The predicted octanol–water partition coefficient (Wildman–Crippen LogP) is 5.99. The van der Waals surface area contributed by atoms with Gasteiger partial charge in [0.2, 0.25) is 0 Å². The molecule has 0 saturated carbocycles. The molecular weight excluding hydrogens is 414 g/mol. The Hall–Kier alpha value is -1.50. The van der Waals surface area contributed by atoms with E-state index in [1.807, 2.05) is 38.1 Å². The highest BCUT2D eigenvalue weighted by molar-refractivity contribution is 8.09. The number of rotatable bonds is 7. The molecule has 0 N–H and O–H groups in total. The van der Waals surface area contributed by atoms with Crippen molar-refractivity contribution in [2.45, 2.75) is 20.0 Å². The van der Waals surface area contributed by atoms with Gasteiger partial charge in [-0.2, -0.15) is 0 Å². The van der Waals surface area contributed by atoms with Gasteiger partial charge in [-0.1, -0.05) is 42.5 Å². The molecule has 0 aliphatic carbocycles. The lowest BCUT2D eigenvalue weighted by molar-refractivity contribution is 0.266. The molecule has 148 valence electrons. The lowest BCUT2D eigenvalue weighted by Crippen LogP contribution is -2.04. The van der Waals surface area contributed by atoms with Crippen LogP contribution in [0.5, 0.6) is 0 Å². The number of hydrogen-bond acceptors (Lipinski definition) is 5. The summed E-state index contributed by atoms with van der Waals surface area (Å²) in [7, 11) is 1.80. The predicted molar refractivity (Wildman–Crippen MR) is 118 cm³/mol. The van der Waals surface area contributed by atoms with Crippen LogP contribution in [0.2, 0.25) is 0 Å². The van der Waals surface area contributed by atoms with Crippen molar-refractivity contribution in [3.05, 3.63) is 58.5 Å². The van der Waals surface area contributed by atoms with E-state index in [0.29, 0.717) is 40.7 Å². The monoisotopic (exact) mass is 436 g/mol. The number of hydrogen-bond donors (Lipinski definition) is 0. The van der Waals surface area contributed by atoms with Gasteiger partial charge in [0, 0.05) is 18.8 Å². The van der Waals surface area contributed by atoms with Crippen molar-refractivity contribution >= 4 is 41.4 Å². The largest absolute Gasteiger partial charge is 0.329 e. The van der Waals surface area contributed by atoms with Gasteiger partial charge in [-0.3, -0.25) is 0 Å². The van der Waals surface area contributed by atoms with Crippen LogP contribution in [-0.4, -0.2) is 22.8 Å². The van der Waals surface area contributed by atoms with Crippen molar-refractivity contribution in [2.24, 2.45) is 7.05 Å². The maximum absolute atomic E-state index is 14.1. The van der Waals surface area contributed by atoms with Gasteiger partial charge in [0.15, 0.2) is 6.49 Å². The van der Waals surface area contributed by atoms with E-state index >= 15 is 0 Å². The Morgan fingerprint density at radius 3 is 2.32 bits per heavy atom. The highest BCUT2D eigenvalue weighted by Crippen LogP contribution is 2.51. The van der Waals surface area contributed by atoms with Crippen molar-refractivity contribution in [2.75, 3.05) is 13.2 Å². The van der Waals surface area contributed by atoms with E-state index in [4.69, 9.17) is 33.1 Å². The molecule has 8 heteroatoms. The minimum absolute atomic E-state index is 0.356. The molecule has 0 radical (unpaired) electrons. The summed E-state index contributed by atoms with van der Waals surface area (Å²) in [5, 5.41) is 0.370. The molecule has 2 aromatic carbocycles. The first-order valence-corrected chi connectivity index (χ1v) is 12.2. The summed E-state index contributed by atoms with van der Waals surface area (Å²) in [5.41, 5.74) is 2.48. The van der Waals surface area contributed by atoms with Crippen LogP contribution in [-0.2, 0) is 34.1 Å². The summed E-state index contributed by atoms with van der Waals surface area (Å²) in [6.45, 7) is 2.58. The molecule has 0 spiro atoms. The van der Waals surface area contributed by atoms with Crippen molar-refractivity contribution in [3.8, 4) is 11.4 Å². The first kappa shape index (κ1) is 21.2. The third-order valence-corrected chi connectivity index (χ3v) is 7.85. The fourth-order valence-corrected chi connectivity index (χ4v) is 6.10. The van der Waals surface area contributed by atoms with E-state index in [0.717, 1.165) is 11.1 Å². The Kier molecular flexibility index (Phi) is 6.73. The lowest BCUT2D eigenvalue weighted by atomic mass is 10.1. The molecule has 0 unspecified atom stereocenters. The quantitative estimate of drug-likeness (QED) is 0.336. The molecule has 0 aliphatic heterocycles. The van der Waals surface area contributed by atoms with Gasteiger partial charge in [-0.15, -0.1) is 0 Å². The molecule has 0 fully saturated rings. The normalized spacial score (nSPS) is 11.9. The molecule has 4 nitrogen and oxygen atoms in total. The first-order chi connectivity index (χ1) is 13.4. The zero-order valence-corrected chi connectivity index (χ0v) is 18.5. The van der Waals surface area contributed by atoms with E-state index in [1.165, 1.54) is 6.07 Å². The zero-order valence-electron chi connectivity index (χ0n) is 16.0. The van der Waals surface area contributed by atoms with Crippen LogP contribution in [0.15, 0.2) is 42.5 Å². The summed E-state index contributed by atoms with van der Waals surface area (Å²) in [5.74, 6) is 0.328. The minimum atomic E-state index is -2.33. The molecule has 1 heterocycles. The molecule has 0 atom stereocenters. The number of benzene rings is 2. The molecule has 28 heavy (non-hydrogen) atoms. The van der Waals surface area contributed by atoms with Crippen LogP contribution in [0.4, 0.5) is 4.39 Å². The number of halogens is 1. The van der Waals surface area contributed by atoms with Gasteiger partial charge in [0.25, 0.3) is 0 Å². The fraction of sp³-hybridized carbons (Fsp3) is 0.300. The highest BCUT2D eigenvalue weighted by atomic mass is 32.5. The SMILES string of the molecule is CCOP(=S)(Cc1ccc(-c2nc3cccc(F)c3c(=S)n2C)cc1)OCC. The molecule has 0 amide bonds.